The minimum Gasteiger partial charge on any atom is -0.497 e. The van der Waals surface area contributed by atoms with Gasteiger partial charge in [-0.05, 0) is 67.4 Å². The summed E-state index contributed by atoms with van der Waals surface area (Å²) in [5.74, 6) is 0.608. The number of nitrogens with one attached hydrogen (secondary N) is 1. The molecule has 6 nitrogen and oxygen atoms in total. The molecule has 4 rings (SSSR count). The van der Waals surface area contributed by atoms with E-state index in [1.54, 1.807) is 14.2 Å². The Morgan fingerprint density at radius 1 is 0.889 bits per heavy atom. The zero-order valence-electron chi connectivity index (χ0n) is 21.6. The van der Waals surface area contributed by atoms with Gasteiger partial charge in [0.1, 0.15) is 17.3 Å². The summed E-state index contributed by atoms with van der Waals surface area (Å²) in [6, 6.07) is 23.3. The SMILES string of the molecule is COc1ccc(OC)c([C@@H](Nc2ccccc2)[P@@](=O)(OC2CCCCC2)c2ccc(N(C)C)cc2)c1. The van der Waals surface area contributed by atoms with Crippen molar-refractivity contribution in [1.29, 1.82) is 0 Å². The number of hydrogen-bond acceptors (Lipinski definition) is 6. The lowest BCUT2D eigenvalue weighted by Crippen LogP contribution is -2.26. The fraction of sp³-hybridized carbons (Fsp3) is 0.379. The van der Waals surface area contributed by atoms with E-state index in [1.165, 1.54) is 6.42 Å². The van der Waals surface area contributed by atoms with Gasteiger partial charge in [0.15, 0.2) is 0 Å². The lowest BCUT2D eigenvalue weighted by molar-refractivity contribution is 0.159. The molecule has 0 aliphatic heterocycles. The van der Waals surface area contributed by atoms with E-state index in [0.717, 1.165) is 42.6 Å². The van der Waals surface area contributed by atoms with Crippen LogP contribution in [0.4, 0.5) is 11.4 Å². The first-order valence-corrected chi connectivity index (χ1v) is 14.2. The molecule has 1 fully saturated rings. The van der Waals surface area contributed by atoms with Gasteiger partial charge in [0.2, 0.25) is 0 Å². The van der Waals surface area contributed by atoms with Crippen LogP contribution in [0, 0.1) is 0 Å². The Bertz CT molecular complexity index is 1160. The first kappa shape index (κ1) is 26.1. The first-order chi connectivity index (χ1) is 17.4. The number of hydrogen-bond donors (Lipinski definition) is 1. The number of para-hydroxylation sites is 1. The third-order valence-corrected chi connectivity index (χ3v) is 9.45. The lowest BCUT2D eigenvalue weighted by atomic mass is 9.98. The van der Waals surface area contributed by atoms with Gasteiger partial charge in [0, 0.05) is 36.3 Å². The van der Waals surface area contributed by atoms with E-state index in [0.29, 0.717) is 16.8 Å². The van der Waals surface area contributed by atoms with E-state index < -0.39 is 13.2 Å². The van der Waals surface area contributed by atoms with E-state index >= 15 is 4.57 Å². The zero-order chi connectivity index (χ0) is 25.5. The summed E-state index contributed by atoms with van der Waals surface area (Å²) in [5, 5.41) is 4.23. The second kappa shape index (κ2) is 11.9. The van der Waals surface area contributed by atoms with Crippen molar-refractivity contribution in [3.8, 4) is 11.5 Å². The summed E-state index contributed by atoms with van der Waals surface area (Å²) in [7, 11) is 3.72. The molecule has 192 valence electrons. The maximum absolute atomic E-state index is 15.3. The van der Waals surface area contributed by atoms with E-state index in [2.05, 4.69) is 5.32 Å². The molecular weight excluding hydrogens is 471 g/mol. The highest BCUT2D eigenvalue weighted by molar-refractivity contribution is 7.67. The molecule has 3 aromatic carbocycles. The molecule has 0 aromatic heterocycles. The van der Waals surface area contributed by atoms with Gasteiger partial charge in [0.05, 0.1) is 20.3 Å². The fourth-order valence-corrected chi connectivity index (χ4v) is 7.36. The van der Waals surface area contributed by atoms with Crippen LogP contribution in [0.3, 0.4) is 0 Å². The van der Waals surface area contributed by atoms with Crippen LogP contribution in [0.2, 0.25) is 0 Å². The first-order valence-electron chi connectivity index (χ1n) is 12.5. The van der Waals surface area contributed by atoms with Crippen molar-refractivity contribution in [2.75, 3.05) is 38.5 Å². The van der Waals surface area contributed by atoms with Crippen molar-refractivity contribution in [2.45, 2.75) is 44.0 Å². The molecule has 0 radical (unpaired) electrons. The summed E-state index contributed by atoms with van der Waals surface area (Å²) in [6.07, 6.45) is 5.12. The second-order valence-electron chi connectivity index (χ2n) is 9.39. The molecule has 0 heterocycles. The molecule has 0 amide bonds. The monoisotopic (exact) mass is 508 g/mol. The zero-order valence-corrected chi connectivity index (χ0v) is 22.5. The number of methoxy groups -OCH3 is 2. The van der Waals surface area contributed by atoms with Crippen LogP contribution >= 0.6 is 7.37 Å². The number of benzene rings is 3. The van der Waals surface area contributed by atoms with Crippen LogP contribution in [-0.4, -0.2) is 34.4 Å². The van der Waals surface area contributed by atoms with Gasteiger partial charge in [-0.25, -0.2) is 0 Å². The van der Waals surface area contributed by atoms with Crippen molar-refractivity contribution in [3.63, 3.8) is 0 Å². The van der Waals surface area contributed by atoms with Crippen LogP contribution in [0.15, 0.2) is 72.8 Å². The molecule has 2 atom stereocenters. The second-order valence-corrected chi connectivity index (χ2v) is 11.8. The molecule has 0 bridgehead atoms. The Labute approximate surface area is 215 Å². The van der Waals surface area contributed by atoms with E-state index in [4.69, 9.17) is 14.0 Å². The average Bonchev–Trinajstić information content (AvgIpc) is 2.92. The minimum atomic E-state index is -3.52. The molecule has 0 spiro atoms. The summed E-state index contributed by atoms with van der Waals surface area (Å²) in [5.41, 5.74) is 2.62. The van der Waals surface area contributed by atoms with Crippen LogP contribution < -0.4 is 25.0 Å². The Kier molecular flexibility index (Phi) is 8.60. The smallest absolute Gasteiger partial charge is 0.258 e. The van der Waals surface area contributed by atoms with Gasteiger partial charge in [0.25, 0.3) is 7.37 Å². The van der Waals surface area contributed by atoms with Crippen molar-refractivity contribution < 1.29 is 18.6 Å². The third-order valence-electron chi connectivity index (χ3n) is 6.73. The summed E-state index contributed by atoms with van der Waals surface area (Å²) < 4.78 is 33.4. The molecule has 3 aromatic rings. The highest BCUT2D eigenvalue weighted by Gasteiger charge is 2.42. The van der Waals surface area contributed by atoms with E-state index in [9.17, 15) is 0 Å². The molecule has 1 saturated carbocycles. The maximum atomic E-state index is 15.3. The van der Waals surface area contributed by atoms with Gasteiger partial charge in [-0.1, -0.05) is 37.5 Å². The van der Waals surface area contributed by atoms with Crippen LogP contribution in [0.1, 0.15) is 43.5 Å². The quantitative estimate of drug-likeness (QED) is 0.303. The Morgan fingerprint density at radius 3 is 2.19 bits per heavy atom. The molecule has 1 aliphatic rings. The van der Waals surface area contributed by atoms with Crippen molar-refractivity contribution in [2.24, 2.45) is 0 Å². The van der Waals surface area contributed by atoms with Gasteiger partial charge in [-0.3, -0.25) is 4.57 Å². The van der Waals surface area contributed by atoms with Gasteiger partial charge >= 0.3 is 0 Å². The number of nitrogens with zero attached hydrogens (tertiary/aromatic N) is 1. The lowest BCUT2D eigenvalue weighted by Gasteiger charge is -2.34. The Hall–Kier alpha value is -2.95. The van der Waals surface area contributed by atoms with Gasteiger partial charge < -0.3 is 24.2 Å². The average molecular weight is 509 g/mol. The molecule has 7 heteroatoms. The predicted octanol–water partition coefficient (Wildman–Crippen LogP) is 6.83. The van der Waals surface area contributed by atoms with E-state index in [1.807, 2.05) is 91.8 Å². The molecule has 1 N–H and O–H groups in total. The molecular formula is C29H37N2O4P. The summed E-state index contributed by atoms with van der Waals surface area (Å²) >= 11 is 0. The molecule has 1 aliphatic carbocycles. The van der Waals surface area contributed by atoms with Gasteiger partial charge in [-0.15, -0.1) is 0 Å². The largest absolute Gasteiger partial charge is 0.497 e. The standard InChI is InChI=1S/C29H37N2O4P/c1-31(2)23-15-18-26(19-16-23)36(32,35-24-13-9-6-10-14-24)29(30-22-11-7-5-8-12-22)27-21-25(33-3)17-20-28(27)34-4/h5,7-8,11-12,15-21,24,29-30H,6,9-10,13-14H2,1-4H3/t29-,36-/m0/s1. The molecule has 36 heavy (non-hydrogen) atoms. The maximum Gasteiger partial charge on any atom is 0.258 e. The van der Waals surface area contributed by atoms with Crippen molar-refractivity contribution >= 4 is 24.0 Å². The normalized spacial score (nSPS) is 16.6. The Balaban J connectivity index is 1.88. The topological polar surface area (TPSA) is 60.0 Å². The van der Waals surface area contributed by atoms with Crippen molar-refractivity contribution in [1.82, 2.24) is 0 Å². The third kappa shape index (κ3) is 5.88. The number of anilines is 2. The van der Waals surface area contributed by atoms with Crippen LogP contribution in [0.25, 0.3) is 0 Å². The van der Waals surface area contributed by atoms with Gasteiger partial charge in [-0.2, -0.15) is 0 Å². The fourth-order valence-electron chi connectivity index (χ4n) is 4.71. The highest BCUT2D eigenvalue weighted by atomic mass is 31.2. The van der Waals surface area contributed by atoms with E-state index in [-0.39, 0.29) is 6.10 Å². The van der Waals surface area contributed by atoms with Crippen LogP contribution in [0.5, 0.6) is 11.5 Å². The predicted molar refractivity (Wildman–Crippen MR) is 148 cm³/mol. The number of ether oxygens (including phenoxy) is 2. The molecule has 0 unspecified atom stereocenters. The minimum absolute atomic E-state index is 0.0604. The molecule has 0 saturated heterocycles. The highest BCUT2D eigenvalue weighted by Crippen LogP contribution is 2.62. The Morgan fingerprint density at radius 2 is 1.58 bits per heavy atom. The number of rotatable bonds is 10. The van der Waals surface area contributed by atoms with Crippen LogP contribution in [-0.2, 0) is 9.09 Å². The summed E-state index contributed by atoms with van der Waals surface area (Å²) in [6.45, 7) is 0. The van der Waals surface area contributed by atoms with Crippen molar-refractivity contribution in [3.05, 3.63) is 78.4 Å². The summed E-state index contributed by atoms with van der Waals surface area (Å²) in [4.78, 5) is 2.03.